The molecule has 0 aliphatic carbocycles. The summed E-state index contributed by atoms with van der Waals surface area (Å²) in [6.45, 7) is 2.33. The number of nitrogens with one attached hydrogen (secondary N) is 4. The smallest absolute Gasteiger partial charge is 0.191 e. The molecule has 0 bridgehead atoms. The van der Waals surface area contributed by atoms with E-state index >= 15 is 0 Å². The molecule has 140 valence electrons. The van der Waals surface area contributed by atoms with Crippen molar-refractivity contribution in [2.45, 2.75) is 13.0 Å². The topological polar surface area (TPSA) is 96.5 Å². The van der Waals surface area contributed by atoms with Crippen LogP contribution >= 0.6 is 0 Å². The number of hydrogen-bond acceptors (Lipinski definition) is 4. The molecule has 0 aliphatic heterocycles. The minimum Gasteiger partial charge on any atom is -0.371 e. The summed E-state index contributed by atoms with van der Waals surface area (Å²) in [6, 6.07) is 17.3. The van der Waals surface area contributed by atoms with Gasteiger partial charge in [-0.05, 0) is 30.7 Å². The van der Waals surface area contributed by atoms with Crippen molar-refractivity contribution < 1.29 is 0 Å². The van der Waals surface area contributed by atoms with Crippen molar-refractivity contribution in [2.24, 2.45) is 0 Å². The predicted molar refractivity (Wildman–Crippen MR) is 112 cm³/mol. The van der Waals surface area contributed by atoms with Crippen molar-refractivity contribution in [1.29, 1.82) is 5.26 Å². The highest BCUT2D eigenvalue weighted by Gasteiger charge is 2.06. The Morgan fingerprint density at radius 3 is 2.79 bits per heavy atom. The molecule has 0 unspecified atom stereocenters. The van der Waals surface area contributed by atoms with Gasteiger partial charge in [-0.25, -0.2) is 0 Å². The fourth-order valence-electron chi connectivity index (χ4n) is 3.41. The first-order valence-electron chi connectivity index (χ1n) is 9.32. The van der Waals surface area contributed by atoms with Gasteiger partial charge in [0.15, 0.2) is 5.43 Å². The molecular weight excluding hydrogens is 350 g/mol. The molecule has 4 N–H and O–H groups in total. The maximum Gasteiger partial charge on any atom is 0.191 e. The third-order valence-corrected chi connectivity index (χ3v) is 4.82. The van der Waals surface area contributed by atoms with Gasteiger partial charge in [0.05, 0.1) is 16.6 Å². The van der Waals surface area contributed by atoms with Crippen LogP contribution in [0.5, 0.6) is 0 Å². The minimum atomic E-state index is 0.0192. The standard InChI is InChI=1S/C22H21N5O/c23-12-16-14-26-22-15(5-3-7-17(16)22)13-24-9-4-10-25-21-11-20(28)18-6-1-2-8-19(18)27-21/h1-3,5-8,11,14,24,26H,4,9-10,13H2,(H2,25,27,28). The van der Waals surface area contributed by atoms with E-state index in [0.29, 0.717) is 10.9 Å². The zero-order valence-electron chi connectivity index (χ0n) is 15.4. The van der Waals surface area contributed by atoms with Crippen molar-refractivity contribution >= 4 is 27.6 Å². The molecule has 0 amide bonds. The fraction of sp³-hybridized carbons (Fsp3) is 0.182. The first-order valence-corrected chi connectivity index (χ1v) is 9.32. The van der Waals surface area contributed by atoms with Crippen LogP contribution in [0.1, 0.15) is 17.5 Å². The van der Waals surface area contributed by atoms with Crippen molar-refractivity contribution in [3.8, 4) is 6.07 Å². The van der Waals surface area contributed by atoms with Gasteiger partial charge in [0.25, 0.3) is 0 Å². The number of H-pyrrole nitrogens is 2. The van der Waals surface area contributed by atoms with Crippen LogP contribution in [-0.4, -0.2) is 23.1 Å². The number of nitrogens with zero attached hydrogens (tertiary/aromatic N) is 1. The molecule has 6 nitrogen and oxygen atoms in total. The Balaban J connectivity index is 1.29. The lowest BCUT2D eigenvalue weighted by molar-refractivity contribution is 0.664. The molecule has 2 heterocycles. The third kappa shape index (κ3) is 3.61. The maximum atomic E-state index is 12.1. The maximum absolute atomic E-state index is 12.1. The van der Waals surface area contributed by atoms with Crippen molar-refractivity contribution in [2.75, 3.05) is 18.4 Å². The molecule has 0 radical (unpaired) electrons. The molecule has 2 aromatic carbocycles. The Hall–Kier alpha value is -3.56. The van der Waals surface area contributed by atoms with Crippen LogP contribution in [0.2, 0.25) is 0 Å². The molecule has 0 saturated carbocycles. The molecular formula is C22H21N5O. The van der Waals surface area contributed by atoms with Gasteiger partial charge in [0, 0.05) is 36.1 Å². The van der Waals surface area contributed by atoms with Gasteiger partial charge < -0.3 is 20.6 Å². The van der Waals surface area contributed by atoms with Gasteiger partial charge >= 0.3 is 0 Å². The predicted octanol–water partition coefficient (Wildman–Crippen LogP) is 3.47. The van der Waals surface area contributed by atoms with E-state index in [4.69, 9.17) is 5.26 Å². The van der Waals surface area contributed by atoms with Crippen molar-refractivity contribution in [3.63, 3.8) is 0 Å². The molecule has 0 spiro atoms. The lowest BCUT2D eigenvalue weighted by atomic mass is 10.1. The van der Waals surface area contributed by atoms with Gasteiger partial charge in [-0.15, -0.1) is 0 Å². The van der Waals surface area contributed by atoms with Crippen LogP contribution in [-0.2, 0) is 6.54 Å². The summed E-state index contributed by atoms with van der Waals surface area (Å²) >= 11 is 0. The van der Waals surface area contributed by atoms with Crippen LogP contribution in [0.4, 0.5) is 5.82 Å². The average Bonchev–Trinajstić information content (AvgIpc) is 3.14. The number of aromatic nitrogens is 2. The Labute approximate surface area is 162 Å². The van der Waals surface area contributed by atoms with E-state index in [0.717, 1.165) is 53.9 Å². The fourth-order valence-corrected chi connectivity index (χ4v) is 3.41. The second-order valence-corrected chi connectivity index (χ2v) is 6.70. The molecule has 28 heavy (non-hydrogen) atoms. The summed E-state index contributed by atoms with van der Waals surface area (Å²) in [5.74, 6) is 0.740. The van der Waals surface area contributed by atoms with E-state index in [1.807, 2.05) is 36.4 Å². The van der Waals surface area contributed by atoms with Crippen molar-refractivity contribution in [3.05, 3.63) is 76.1 Å². The number of anilines is 1. The number of hydrogen-bond donors (Lipinski definition) is 4. The van der Waals surface area contributed by atoms with Gasteiger partial charge in [0.2, 0.25) is 0 Å². The van der Waals surface area contributed by atoms with E-state index in [-0.39, 0.29) is 5.43 Å². The quantitative estimate of drug-likeness (QED) is 0.374. The zero-order chi connectivity index (χ0) is 19.3. The molecule has 4 aromatic rings. The lowest BCUT2D eigenvalue weighted by Gasteiger charge is -2.09. The van der Waals surface area contributed by atoms with Gasteiger partial charge in [0.1, 0.15) is 11.9 Å². The van der Waals surface area contributed by atoms with E-state index in [1.54, 1.807) is 12.3 Å². The van der Waals surface area contributed by atoms with Crippen molar-refractivity contribution in [1.82, 2.24) is 15.3 Å². The third-order valence-electron chi connectivity index (χ3n) is 4.82. The Kier molecular flexibility index (Phi) is 5.09. The second-order valence-electron chi connectivity index (χ2n) is 6.70. The molecule has 0 atom stereocenters. The van der Waals surface area contributed by atoms with E-state index < -0.39 is 0 Å². The van der Waals surface area contributed by atoms with Crippen LogP contribution in [0.15, 0.2) is 59.5 Å². The molecule has 0 saturated heterocycles. The number of para-hydroxylation sites is 2. The number of nitriles is 1. The normalized spacial score (nSPS) is 11.0. The lowest BCUT2D eigenvalue weighted by Crippen LogP contribution is -2.18. The summed E-state index contributed by atoms with van der Waals surface area (Å²) in [6.07, 6.45) is 2.67. The molecule has 0 aliphatic rings. The van der Waals surface area contributed by atoms with Gasteiger partial charge in [-0.2, -0.15) is 5.26 Å². The number of benzene rings is 2. The zero-order valence-corrected chi connectivity index (χ0v) is 15.4. The highest BCUT2D eigenvalue weighted by Crippen LogP contribution is 2.21. The highest BCUT2D eigenvalue weighted by molar-refractivity contribution is 5.88. The van der Waals surface area contributed by atoms with Gasteiger partial charge in [-0.3, -0.25) is 4.79 Å². The van der Waals surface area contributed by atoms with E-state index in [2.05, 4.69) is 32.7 Å². The number of fused-ring (bicyclic) bond motifs is 2. The SMILES string of the molecule is N#Cc1c[nH]c2c(CNCCCNc3cc(=O)c4ccccc4[nH]3)cccc12. The van der Waals surface area contributed by atoms with E-state index in [1.165, 1.54) is 0 Å². The molecule has 6 heteroatoms. The summed E-state index contributed by atoms with van der Waals surface area (Å²) in [7, 11) is 0. The summed E-state index contributed by atoms with van der Waals surface area (Å²) < 4.78 is 0. The Morgan fingerprint density at radius 1 is 1.04 bits per heavy atom. The molecule has 0 fully saturated rings. The number of pyridine rings is 1. The Morgan fingerprint density at radius 2 is 1.89 bits per heavy atom. The van der Waals surface area contributed by atoms with Crippen LogP contribution in [0, 0.1) is 11.3 Å². The van der Waals surface area contributed by atoms with Crippen LogP contribution in [0.3, 0.4) is 0 Å². The highest BCUT2D eigenvalue weighted by atomic mass is 16.1. The number of aromatic amines is 2. The van der Waals surface area contributed by atoms with Crippen LogP contribution < -0.4 is 16.1 Å². The molecule has 4 rings (SSSR count). The molecule has 2 aromatic heterocycles. The largest absolute Gasteiger partial charge is 0.371 e. The monoisotopic (exact) mass is 371 g/mol. The number of rotatable bonds is 7. The summed E-state index contributed by atoms with van der Waals surface area (Å²) in [5, 5.41) is 17.5. The van der Waals surface area contributed by atoms with Gasteiger partial charge in [-0.1, -0.05) is 30.3 Å². The first kappa shape index (κ1) is 17.8. The first-order chi connectivity index (χ1) is 13.8. The average molecular weight is 371 g/mol. The second kappa shape index (κ2) is 7.99. The minimum absolute atomic E-state index is 0.0192. The summed E-state index contributed by atoms with van der Waals surface area (Å²) in [4.78, 5) is 18.6. The van der Waals surface area contributed by atoms with E-state index in [9.17, 15) is 4.79 Å². The van der Waals surface area contributed by atoms with Crippen LogP contribution in [0.25, 0.3) is 21.8 Å². The Bertz CT molecular complexity index is 1220. The summed E-state index contributed by atoms with van der Waals surface area (Å²) in [5.41, 5.74) is 3.69.